The van der Waals surface area contributed by atoms with Crippen molar-refractivity contribution in [3.8, 4) is 17.1 Å². The fourth-order valence-electron chi connectivity index (χ4n) is 2.17. The first-order chi connectivity index (χ1) is 12.5. The SMILES string of the molecule is CN(Cc1nc(-c2cccc(Br)c2)no1)C(=O)COc1ccccc1Cl. The highest BCUT2D eigenvalue weighted by atomic mass is 79.9. The lowest BCUT2D eigenvalue weighted by Gasteiger charge is -2.15. The molecule has 8 heteroatoms. The van der Waals surface area contributed by atoms with Crippen molar-refractivity contribution in [3.05, 3.63) is 63.9 Å². The minimum atomic E-state index is -0.230. The van der Waals surface area contributed by atoms with Gasteiger partial charge in [0.1, 0.15) is 5.75 Å². The van der Waals surface area contributed by atoms with Crippen LogP contribution in [0.4, 0.5) is 0 Å². The fourth-order valence-corrected chi connectivity index (χ4v) is 2.76. The first-order valence-corrected chi connectivity index (χ1v) is 8.90. The Balaban J connectivity index is 1.58. The predicted octanol–water partition coefficient (Wildman–Crippen LogP) is 4.19. The molecule has 1 amide bonds. The van der Waals surface area contributed by atoms with E-state index in [1.54, 1.807) is 31.3 Å². The molecule has 3 aromatic rings. The summed E-state index contributed by atoms with van der Waals surface area (Å²) in [6, 6.07) is 14.6. The van der Waals surface area contributed by atoms with Crippen LogP contribution < -0.4 is 4.74 Å². The summed E-state index contributed by atoms with van der Waals surface area (Å²) < 4.78 is 11.6. The van der Waals surface area contributed by atoms with E-state index >= 15 is 0 Å². The van der Waals surface area contributed by atoms with Crippen LogP contribution in [0.15, 0.2) is 57.5 Å². The lowest BCUT2D eigenvalue weighted by atomic mass is 10.2. The van der Waals surface area contributed by atoms with Gasteiger partial charge in [0.05, 0.1) is 11.6 Å². The van der Waals surface area contributed by atoms with Gasteiger partial charge in [-0.05, 0) is 24.3 Å². The number of carbonyl (C=O) groups excluding carboxylic acids is 1. The molecule has 0 unspecified atom stereocenters. The van der Waals surface area contributed by atoms with Crippen molar-refractivity contribution in [3.63, 3.8) is 0 Å². The Morgan fingerprint density at radius 3 is 2.85 bits per heavy atom. The maximum absolute atomic E-state index is 12.2. The molecule has 0 aliphatic rings. The first kappa shape index (κ1) is 18.4. The van der Waals surface area contributed by atoms with Crippen LogP contribution in [-0.2, 0) is 11.3 Å². The number of hydrogen-bond acceptors (Lipinski definition) is 5. The quantitative estimate of drug-likeness (QED) is 0.579. The zero-order valence-electron chi connectivity index (χ0n) is 13.9. The zero-order valence-corrected chi connectivity index (χ0v) is 16.2. The smallest absolute Gasteiger partial charge is 0.260 e. The normalized spacial score (nSPS) is 10.6. The van der Waals surface area contributed by atoms with Crippen molar-refractivity contribution in [2.24, 2.45) is 0 Å². The predicted molar refractivity (Wildman–Crippen MR) is 101 cm³/mol. The summed E-state index contributed by atoms with van der Waals surface area (Å²) in [6.07, 6.45) is 0. The van der Waals surface area contributed by atoms with Crippen LogP contribution in [0.3, 0.4) is 0 Å². The minimum Gasteiger partial charge on any atom is -0.482 e. The molecular weight excluding hydrogens is 422 g/mol. The second-order valence-corrected chi connectivity index (χ2v) is 6.81. The molecule has 0 aliphatic heterocycles. The second kappa shape index (κ2) is 8.33. The van der Waals surface area contributed by atoms with Gasteiger partial charge < -0.3 is 14.2 Å². The van der Waals surface area contributed by atoms with Crippen molar-refractivity contribution >= 4 is 33.4 Å². The molecular formula is C18H15BrClN3O3. The summed E-state index contributed by atoms with van der Waals surface area (Å²) in [5, 5.41) is 4.41. The van der Waals surface area contributed by atoms with E-state index in [1.807, 2.05) is 24.3 Å². The molecule has 0 aliphatic carbocycles. The summed E-state index contributed by atoms with van der Waals surface area (Å²) in [5.74, 6) is 1.04. The second-order valence-electron chi connectivity index (χ2n) is 5.49. The van der Waals surface area contributed by atoms with Gasteiger partial charge in [-0.1, -0.05) is 57.0 Å². The summed E-state index contributed by atoms with van der Waals surface area (Å²) in [7, 11) is 1.64. The molecule has 0 N–H and O–H groups in total. The Morgan fingerprint density at radius 2 is 2.08 bits per heavy atom. The zero-order chi connectivity index (χ0) is 18.5. The van der Waals surface area contributed by atoms with E-state index in [9.17, 15) is 4.79 Å². The highest BCUT2D eigenvalue weighted by molar-refractivity contribution is 9.10. The number of hydrogen-bond donors (Lipinski definition) is 0. The van der Waals surface area contributed by atoms with Crippen molar-refractivity contribution in [2.75, 3.05) is 13.7 Å². The monoisotopic (exact) mass is 435 g/mol. The van der Waals surface area contributed by atoms with Crippen LogP contribution in [0.25, 0.3) is 11.4 Å². The van der Waals surface area contributed by atoms with Gasteiger partial charge >= 0.3 is 0 Å². The summed E-state index contributed by atoms with van der Waals surface area (Å²) in [5.41, 5.74) is 0.824. The fraction of sp³-hybridized carbons (Fsp3) is 0.167. The first-order valence-electron chi connectivity index (χ1n) is 7.73. The molecule has 26 heavy (non-hydrogen) atoms. The van der Waals surface area contributed by atoms with E-state index in [-0.39, 0.29) is 19.1 Å². The van der Waals surface area contributed by atoms with E-state index in [0.717, 1.165) is 10.0 Å². The third kappa shape index (κ3) is 4.62. The van der Waals surface area contributed by atoms with E-state index in [4.69, 9.17) is 20.9 Å². The Morgan fingerprint density at radius 1 is 1.27 bits per heavy atom. The molecule has 0 atom stereocenters. The van der Waals surface area contributed by atoms with Crippen molar-refractivity contribution in [1.29, 1.82) is 0 Å². The molecule has 6 nitrogen and oxygen atoms in total. The van der Waals surface area contributed by atoms with Gasteiger partial charge in [-0.3, -0.25) is 4.79 Å². The lowest BCUT2D eigenvalue weighted by Crippen LogP contribution is -2.31. The van der Waals surface area contributed by atoms with Gasteiger partial charge in [-0.2, -0.15) is 4.98 Å². The van der Waals surface area contributed by atoms with Gasteiger partial charge in [0.15, 0.2) is 6.61 Å². The number of nitrogens with zero attached hydrogens (tertiary/aromatic N) is 3. The number of likely N-dealkylation sites (N-methyl/N-ethyl adjacent to an activating group) is 1. The van der Waals surface area contributed by atoms with Gasteiger partial charge in [-0.25, -0.2) is 0 Å². The molecule has 1 heterocycles. The highest BCUT2D eigenvalue weighted by Crippen LogP contribution is 2.23. The molecule has 0 spiro atoms. The maximum atomic E-state index is 12.2. The average molecular weight is 437 g/mol. The molecule has 1 aromatic heterocycles. The average Bonchev–Trinajstić information content (AvgIpc) is 3.09. The Kier molecular flexibility index (Phi) is 5.90. The van der Waals surface area contributed by atoms with Crippen LogP contribution in [0.5, 0.6) is 5.75 Å². The maximum Gasteiger partial charge on any atom is 0.260 e. The van der Waals surface area contributed by atoms with Gasteiger partial charge in [0.2, 0.25) is 11.7 Å². The molecule has 2 aromatic carbocycles. The standard InChI is InChI=1S/C18H15BrClN3O3/c1-23(17(24)11-25-15-8-3-2-7-14(15)20)10-16-21-18(22-26-16)12-5-4-6-13(19)9-12/h2-9H,10-11H2,1H3. The van der Waals surface area contributed by atoms with Crippen LogP contribution >= 0.6 is 27.5 Å². The third-order valence-electron chi connectivity index (χ3n) is 3.54. The van der Waals surface area contributed by atoms with Crippen LogP contribution in [0.2, 0.25) is 5.02 Å². The number of halogens is 2. The summed E-state index contributed by atoms with van der Waals surface area (Å²) in [6.45, 7) is 0.0541. The molecule has 0 bridgehead atoms. The van der Waals surface area contributed by atoms with Crippen LogP contribution in [0.1, 0.15) is 5.89 Å². The van der Waals surface area contributed by atoms with E-state index in [1.165, 1.54) is 4.90 Å². The van der Waals surface area contributed by atoms with Gasteiger partial charge in [0, 0.05) is 17.1 Å². The van der Waals surface area contributed by atoms with Crippen LogP contribution in [0, 0.1) is 0 Å². The van der Waals surface area contributed by atoms with E-state index in [2.05, 4.69) is 26.1 Å². The molecule has 0 saturated heterocycles. The highest BCUT2D eigenvalue weighted by Gasteiger charge is 2.16. The van der Waals surface area contributed by atoms with Gasteiger partial charge in [0.25, 0.3) is 5.91 Å². The molecule has 0 saturated carbocycles. The van der Waals surface area contributed by atoms with Gasteiger partial charge in [-0.15, -0.1) is 0 Å². The molecule has 0 radical (unpaired) electrons. The number of para-hydroxylation sites is 1. The third-order valence-corrected chi connectivity index (χ3v) is 4.34. The molecule has 0 fully saturated rings. The van der Waals surface area contributed by atoms with E-state index in [0.29, 0.717) is 22.5 Å². The topological polar surface area (TPSA) is 68.5 Å². The largest absolute Gasteiger partial charge is 0.482 e. The Labute approximate surface area is 163 Å². The van der Waals surface area contributed by atoms with Crippen molar-refractivity contribution in [1.82, 2.24) is 15.0 Å². The van der Waals surface area contributed by atoms with Crippen molar-refractivity contribution < 1.29 is 14.1 Å². The number of amides is 1. The number of aromatic nitrogens is 2. The van der Waals surface area contributed by atoms with E-state index < -0.39 is 0 Å². The number of ether oxygens (including phenoxy) is 1. The molecule has 3 rings (SSSR count). The minimum absolute atomic E-state index is 0.132. The number of rotatable bonds is 6. The Hall–Kier alpha value is -2.38. The lowest BCUT2D eigenvalue weighted by molar-refractivity contribution is -0.132. The number of carbonyl (C=O) groups is 1. The molecule has 134 valence electrons. The summed E-state index contributed by atoms with van der Waals surface area (Å²) in [4.78, 5) is 18.0. The Bertz CT molecular complexity index is 916. The number of benzene rings is 2. The van der Waals surface area contributed by atoms with Crippen molar-refractivity contribution in [2.45, 2.75) is 6.54 Å². The summed E-state index contributed by atoms with van der Waals surface area (Å²) >= 11 is 9.41. The van der Waals surface area contributed by atoms with Crippen LogP contribution in [-0.4, -0.2) is 34.6 Å².